The van der Waals surface area contributed by atoms with Crippen LogP contribution in [-0.4, -0.2) is 28.0 Å². The van der Waals surface area contributed by atoms with E-state index in [1.54, 1.807) is 6.20 Å². The fourth-order valence-electron chi connectivity index (χ4n) is 3.50. The molecule has 1 saturated heterocycles. The predicted octanol–water partition coefficient (Wildman–Crippen LogP) is 4.83. The third kappa shape index (κ3) is 4.52. The molecule has 0 aliphatic carbocycles. The van der Waals surface area contributed by atoms with E-state index in [9.17, 15) is 8.78 Å². The van der Waals surface area contributed by atoms with Crippen LogP contribution in [-0.2, 0) is 13.2 Å². The van der Waals surface area contributed by atoms with E-state index in [4.69, 9.17) is 22.1 Å². The van der Waals surface area contributed by atoms with E-state index in [0.29, 0.717) is 5.69 Å². The second-order valence-electron chi connectivity index (χ2n) is 7.24. The molecule has 3 aromatic rings. The number of nitrogen functional groups attached to an aromatic ring is 1. The van der Waals surface area contributed by atoms with E-state index in [-0.39, 0.29) is 28.9 Å². The molecule has 1 aromatic heterocycles. The summed E-state index contributed by atoms with van der Waals surface area (Å²) in [7, 11) is 0. The topological polar surface area (TPSA) is 64.3 Å². The minimum absolute atomic E-state index is 0.0390. The van der Waals surface area contributed by atoms with Crippen molar-refractivity contribution in [2.75, 3.05) is 18.8 Å². The van der Waals surface area contributed by atoms with Gasteiger partial charge < -0.3 is 10.5 Å². The molecule has 1 fully saturated rings. The van der Waals surface area contributed by atoms with Gasteiger partial charge in [-0.25, -0.2) is 18.7 Å². The zero-order valence-corrected chi connectivity index (χ0v) is 17.0. The summed E-state index contributed by atoms with van der Waals surface area (Å²) >= 11 is 5.85. The van der Waals surface area contributed by atoms with Gasteiger partial charge in [-0.15, -0.1) is 0 Å². The molecule has 4 rings (SSSR count). The molecule has 5 nitrogen and oxygen atoms in total. The fourth-order valence-corrected chi connectivity index (χ4v) is 3.70. The van der Waals surface area contributed by atoms with Gasteiger partial charge in [0.25, 0.3) is 5.88 Å². The van der Waals surface area contributed by atoms with Crippen molar-refractivity contribution in [3.63, 3.8) is 0 Å². The Morgan fingerprint density at radius 3 is 2.67 bits per heavy atom. The lowest BCUT2D eigenvalue weighted by Gasteiger charge is -2.15. The minimum Gasteiger partial charge on any atom is -0.470 e. The quantitative estimate of drug-likeness (QED) is 0.567. The Labute approximate surface area is 178 Å². The summed E-state index contributed by atoms with van der Waals surface area (Å²) < 4.78 is 33.2. The monoisotopic (exact) mass is 430 g/mol. The zero-order valence-electron chi connectivity index (χ0n) is 16.2. The molecule has 0 unspecified atom stereocenters. The van der Waals surface area contributed by atoms with E-state index in [0.717, 1.165) is 37.3 Å². The summed E-state index contributed by atoms with van der Waals surface area (Å²) in [6, 6.07) is 10.0. The van der Waals surface area contributed by atoms with Crippen molar-refractivity contribution in [1.29, 1.82) is 0 Å². The van der Waals surface area contributed by atoms with Crippen molar-refractivity contribution in [2.45, 2.75) is 26.0 Å². The Hall–Kier alpha value is -2.77. The highest BCUT2D eigenvalue weighted by Crippen LogP contribution is 2.27. The molecule has 0 radical (unpaired) electrons. The van der Waals surface area contributed by atoms with Gasteiger partial charge >= 0.3 is 0 Å². The summed E-state index contributed by atoms with van der Waals surface area (Å²) in [4.78, 5) is 11.0. The Balaban J connectivity index is 1.54. The largest absolute Gasteiger partial charge is 0.470 e. The first-order valence-corrected chi connectivity index (χ1v) is 10.1. The lowest BCUT2D eigenvalue weighted by atomic mass is 10.1. The second kappa shape index (κ2) is 8.93. The molecule has 0 amide bonds. The molecule has 8 heteroatoms. The van der Waals surface area contributed by atoms with Crippen LogP contribution < -0.4 is 10.5 Å². The minimum atomic E-state index is -0.723. The molecule has 30 heavy (non-hydrogen) atoms. The van der Waals surface area contributed by atoms with Gasteiger partial charge in [0.15, 0.2) is 5.82 Å². The predicted molar refractivity (Wildman–Crippen MR) is 112 cm³/mol. The summed E-state index contributed by atoms with van der Waals surface area (Å²) in [6.45, 7) is 2.79. The van der Waals surface area contributed by atoms with Crippen LogP contribution in [0.5, 0.6) is 5.88 Å². The number of likely N-dealkylation sites (tertiary alicyclic amines) is 1. The van der Waals surface area contributed by atoms with Gasteiger partial charge in [-0.3, -0.25) is 4.90 Å². The molecule has 0 spiro atoms. The number of benzene rings is 2. The molecular formula is C22H21ClF2N4O. The molecule has 0 atom stereocenters. The van der Waals surface area contributed by atoms with Gasteiger partial charge in [0.1, 0.15) is 18.2 Å². The molecule has 0 bridgehead atoms. The van der Waals surface area contributed by atoms with Crippen molar-refractivity contribution in [3.05, 3.63) is 70.4 Å². The number of rotatable bonds is 6. The lowest BCUT2D eigenvalue weighted by Crippen LogP contribution is -2.18. The number of halogens is 3. The van der Waals surface area contributed by atoms with Crippen molar-refractivity contribution in [3.8, 4) is 17.1 Å². The van der Waals surface area contributed by atoms with Crippen molar-refractivity contribution < 1.29 is 13.5 Å². The van der Waals surface area contributed by atoms with Crippen LogP contribution in [0.3, 0.4) is 0 Å². The molecule has 1 aliphatic rings. The maximum Gasteiger partial charge on any atom is 0.258 e. The maximum absolute atomic E-state index is 14.0. The highest BCUT2D eigenvalue weighted by molar-refractivity contribution is 6.31. The first-order valence-electron chi connectivity index (χ1n) is 9.70. The van der Waals surface area contributed by atoms with Crippen LogP contribution in [0.15, 0.2) is 42.6 Å². The van der Waals surface area contributed by atoms with Gasteiger partial charge in [0, 0.05) is 17.7 Å². The van der Waals surface area contributed by atoms with Gasteiger partial charge in [0.05, 0.1) is 16.9 Å². The molecule has 1 aliphatic heterocycles. The van der Waals surface area contributed by atoms with Gasteiger partial charge in [-0.05, 0) is 49.7 Å². The second-order valence-corrected chi connectivity index (χ2v) is 7.62. The zero-order chi connectivity index (χ0) is 21.1. The third-order valence-electron chi connectivity index (χ3n) is 5.09. The molecule has 2 N–H and O–H groups in total. The summed E-state index contributed by atoms with van der Waals surface area (Å²) in [5.74, 6) is -1.30. The standard InChI is InChI=1S/C22H21ClF2N4O/c23-20-16(17(24)6-7-18(20)25)13-30-22-21(26)27-11-19(28-22)15-5-3-4-14(10-15)12-29-8-1-2-9-29/h3-7,10-11H,1-2,8-9,12-13H2,(H2,26,27). The lowest BCUT2D eigenvalue weighted by molar-refractivity contribution is 0.288. The number of nitrogens with zero attached hydrogens (tertiary/aromatic N) is 3. The number of hydrogen-bond donors (Lipinski definition) is 1. The number of nitrogens with two attached hydrogens (primary N) is 1. The number of anilines is 1. The Morgan fingerprint density at radius 2 is 1.87 bits per heavy atom. The highest BCUT2D eigenvalue weighted by atomic mass is 35.5. The van der Waals surface area contributed by atoms with Crippen LogP contribution >= 0.6 is 11.6 Å². The Morgan fingerprint density at radius 1 is 1.10 bits per heavy atom. The van der Waals surface area contributed by atoms with E-state index >= 15 is 0 Å². The van der Waals surface area contributed by atoms with Crippen LogP contribution in [0.1, 0.15) is 24.0 Å². The highest BCUT2D eigenvalue weighted by Gasteiger charge is 2.16. The Bertz CT molecular complexity index is 1060. The van der Waals surface area contributed by atoms with E-state index in [1.807, 2.05) is 12.1 Å². The van der Waals surface area contributed by atoms with E-state index < -0.39 is 11.6 Å². The van der Waals surface area contributed by atoms with E-state index in [1.165, 1.54) is 18.4 Å². The average molecular weight is 431 g/mol. The molecule has 2 heterocycles. The normalized spacial score (nSPS) is 14.2. The number of hydrogen-bond acceptors (Lipinski definition) is 5. The number of ether oxygens (including phenoxy) is 1. The first-order chi connectivity index (χ1) is 14.5. The van der Waals surface area contributed by atoms with Crippen molar-refractivity contribution in [2.24, 2.45) is 0 Å². The smallest absolute Gasteiger partial charge is 0.258 e. The SMILES string of the molecule is Nc1ncc(-c2cccc(CN3CCCC3)c2)nc1OCc1c(F)ccc(F)c1Cl. The van der Waals surface area contributed by atoms with Crippen molar-refractivity contribution >= 4 is 17.4 Å². The van der Waals surface area contributed by atoms with Gasteiger partial charge in [0.2, 0.25) is 0 Å². The van der Waals surface area contributed by atoms with E-state index in [2.05, 4.69) is 27.0 Å². The van der Waals surface area contributed by atoms with Crippen LogP contribution in [0, 0.1) is 11.6 Å². The molecule has 156 valence electrons. The molecule has 0 saturated carbocycles. The van der Waals surface area contributed by atoms with Crippen LogP contribution in [0.2, 0.25) is 5.02 Å². The Kier molecular flexibility index (Phi) is 6.11. The van der Waals surface area contributed by atoms with Crippen LogP contribution in [0.25, 0.3) is 11.3 Å². The number of aromatic nitrogens is 2. The third-order valence-corrected chi connectivity index (χ3v) is 5.50. The average Bonchev–Trinajstić information content (AvgIpc) is 3.25. The maximum atomic E-state index is 14.0. The molecule has 2 aromatic carbocycles. The summed E-state index contributed by atoms with van der Waals surface area (Å²) in [5.41, 5.74) is 8.40. The van der Waals surface area contributed by atoms with Gasteiger partial charge in [-0.2, -0.15) is 0 Å². The summed E-state index contributed by atoms with van der Waals surface area (Å²) in [5, 5.41) is -0.327. The fraction of sp³-hybridized carbons (Fsp3) is 0.273. The van der Waals surface area contributed by atoms with Crippen LogP contribution in [0.4, 0.5) is 14.6 Å². The van der Waals surface area contributed by atoms with Crippen molar-refractivity contribution in [1.82, 2.24) is 14.9 Å². The van der Waals surface area contributed by atoms with Gasteiger partial charge in [-0.1, -0.05) is 29.8 Å². The molecular weight excluding hydrogens is 410 g/mol. The first kappa shape index (κ1) is 20.5. The summed E-state index contributed by atoms with van der Waals surface area (Å²) in [6.07, 6.45) is 4.03.